The number of aliphatic hydroxyl groups excluding tert-OH is 1. The van der Waals surface area contributed by atoms with Crippen LogP contribution in [0.25, 0.3) is 6.08 Å². The molecular formula is C11H7Br2F3O3. The summed E-state index contributed by atoms with van der Waals surface area (Å²) in [5, 5.41) is 18.1. The molecule has 0 spiro atoms. The highest BCUT2D eigenvalue weighted by atomic mass is 79.9. The number of fused-ring (bicyclic) bond motifs is 1. The van der Waals surface area contributed by atoms with Crippen LogP contribution in [0.4, 0.5) is 13.2 Å². The molecular weight excluding hydrogens is 397 g/mol. The van der Waals surface area contributed by atoms with Gasteiger partial charge in [-0.25, -0.2) is 0 Å². The number of hydrogen-bond acceptors (Lipinski definition) is 3. The van der Waals surface area contributed by atoms with Gasteiger partial charge in [0, 0.05) is 15.6 Å². The van der Waals surface area contributed by atoms with E-state index in [9.17, 15) is 13.2 Å². The first kappa shape index (κ1) is 14.8. The summed E-state index contributed by atoms with van der Waals surface area (Å²) < 4.78 is 44.4. The van der Waals surface area contributed by atoms with Gasteiger partial charge in [0.15, 0.2) is 6.29 Å². The molecule has 0 saturated heterocycles. The number of hydrogen-bond donors (Lipinski definition) is 2. The van der Waals surface area contributed by atoms with Gasteiger partial charge in [0.1, 0.15) is 5.75 Å². The van der Waals surface area contributed by atoms with E-state index in [1.807, 2.05) is 0 Å². The van der Waals surface area contributed by atoms with Crippen LogP contribution in [0.1, 0.15) is 5.56 Å². The van der Waals surface area contributed by atoms with E-state index in [1.165, 1.54) is 6.07 Å². The molecule has 1 aromatic carbocycles. The molecule has 8 heteroatoms. The molecule has 3 nitrogen and oxygen atoms in total. The first-order chi connectivity index (χ1) is 8.70. The average Bonchev–Trinajstić information content (AvgIpc) is 2.25. The second-order valence-electron chi connectivity index (χ2n) is 3.86. The number of alkyl halides is 3. The Hall–Kier alpha value is -0.570. The van der Waals surface area contributed by atoms with Crippen LogP contribution < -0.4 is 4.74 Å². The Morgan fingerprint density at radius 3 is 2.37 bits per heavy atom. The number of rotatable bonds is 1. The Morgan fingerprint density at radius 1 is 1.21 bits per heavy atom. The van der Waals surface area contributed by atoms with E-state index in [0.29, 0.717) is 14.5 Å². The molecule has 0 aromatic heterocycles. The molecule has 0 aliphatic carbocycles. The van der Waals surface area contributed by atoms with E-state index in [-0.39, 0.29) is 5.75 Å². The number of halogens is 5. The zero-order chi connectivity index (χ0) is 14.4. The van der Waals surface area contributed by atoms with Crippen molar-refractivity contribution in [1.29, 1.82) is 0 Å². The van der Waals surface area contributed by atoms with Crippen LogP contribution in [0.5, 0.6) is 5.75 Å². The maximum Gasteiger partial charge on any atom is 0.429 e. The number of aliphatic hydroxyl groups is 2. The van der Waals surface area contributed by atoms with Gasteiger partial charge in [0.05, 0.1) is 4.47 Å². The molecule has 0 bridgehead atoms. The van der Waals surface area contributed by atoms with Crippen molar-refractivity contribution in [2.45, 2.75) is 18.6 Å². The molecule has 19 heavy (non-hydrogen) atoms. The standard InChI is InChI=1S/C11H7Br2F3O3/c12-5-1-4-2-6(10(17)18)9(11(14,15)16)19-8(4)7(13)3-5/h1-3,9-10,17-18H. The van der Waals surface area contributed by atoms with E-state index in [0.717, 1.165) is 6.08 Å². The van der Waals surface area contributed by atoms with Crippen molar-refractivity contribution < 1.29 is 28.1 Å². The van der Waals surface area contributed by atoms with Crippen molar-refractivity contribution >= 4 is 37.9 Å². The van der Waals surface area contributed by atoms with E-state index in [2.05, 4.69) is 31.9 Å². The molecule has 0 amide bonds. The third kappa shape index (κ3) is 2.96. The molecule has 2 N–H and O–H groups in total. The lowest BCUT2D eigenvalue weighted by Gasteiger charge is -2.30. The molecule has 104 valence electrons. The zero-order valence-electron chi connectivity index (χ0n) is 9.08. The molecule has 1 atom stereocenters. The van der Waals surface area contributed by atoms with Crippen molar-refractivity contribution in [2.75, 3.05) is 0 Å². The second-order valence-corrected chi connectivity index (χ2v) is 5.63. The van der Waals surface area contributed by atoms with Crippen molar-refractivity contribution in [3.63, 3.8) is 0 Å². The van der Waals surface area contributed by atoms with Gasteiger partial charge in [-0.15, -0.1) is 0 Å². The first-order valence-corrected chi connectivity index (χ1v) is 6.59. The summed E-state index contributed by atoms with van der Waals surface area (Å²) in [6.45, 7) is 0. The highest BCUT2D eigenvalue weighted by molar-refractivity contribution is 9.11. The van der Waals surface area contributed by atoms with Gasteiger partial charge in [-0.3, -0.25) is 0 Å². The molecule has 0 radical (unpaired) electrons. The van der Waals surface area contributed by atoms with Crippen LogP contribution in [-0.4, -0.2) is 28.8 Å². The fraction of sp³-hybridized carbons (Fsp3) is 0.273. The van der Waals surface area contributed by atoms with Crippen molar-refractivity contribution in [3.05, 3.63) is 32.2 Å². The minimum Gasteiger partial charge on any atom is -0.474 e. The Labute approximate surface area is 122 Å². The van der Waals surface area contributed by atoms with E-state index in [1.54, 1.807) is 6.07 Å². The molecule has 1 unspecified atom stereocenters. The predicted octanol–water partition coefficient (Wildman–Crippen LogP) is 3.23. The maximum absolute atomic E-state index is 12.8. The lowest BCUT2D eigenvalue weighted by Crippen LogP contribution is -2.41. The summed E-state index contributed by atoms with van der Waals surface area (Å²) in [7, 11) is 0. The third-order valence-electron chi connectivity index (χ3n) is 2.49. The molecule has 2 rings (SSSR count). The quantitative estimate of drug-likeness (QED) is 0.708. The smallest absolute Gasteiger partial charge is 0.429 e. The van der Waals surface area contributed by atoms with Crippen molar-refractivity contribution in [1.82, 2.24) is 0 Å². The van der Waals surface area contributed by atoms with Crippen molar-refractivity contribution in [3.8, 4) is 5.75 Å². The van der Waals surface area contributed by atoms with E-state index < -0.39 is 24.1 Å². The lowest BCUT2D eigenvalue weighted by atomic mass is 10.0. The highest BCUT2D eigenvalue weighted by Crippen LogP contribution is 2.42. The summed E-state index contributed by atoms with van der Waals surface area (Å²) in [6.07, 6.45) is -8.29. The van der Waals surface area contributed by atoms with E-state index >= 15 is 0 Å². The zero-order valence-corrected chi connectivity index (χ0v) is 12.3. The Kier molecular flexibility index (Phi) is 3.97. The monoisotopic (exact) mass is 402 g/mol. The molecule has 1 aliphatic heterocycles. The SMILES string of the molecule is OC(O)C1=Cc2cc(Br)cc(Br)c2OC1C(F)(F)F. The van der Waals surface area contributed by atoms with Gasteiger partial charge in [0.25, 0.3) is 0 Å². The molecule has 0 fully saturated rings. The Balaban J connectivity index is 2.58. The van der Waals surface area contributed by atoms with E-state index in [4.69, 9.17) is 14.9 Å². The summed E-state index contributed by atoms with van der Waals surface area (Å²) in [5.41, 5.74) is -0.324. The summed E-state index contributed by atoms with van der Waals surface area (Å²) >= 11 is 6.30. The van der Waals surface area contributed by atoms with Crippen LogP contribution >= 0.6 is 31.9 Å². The highest BCUT2D eigenvalue weighted by Gasteiger charge is 2.48. The number of benzene rings is 1. The van der Waals surface area contributed by atoms with Crippen LogP contribution in [-0.2, 0) is 0 Å². The second kappa shape index (κ2) is 5.08. The minimum atomic E-state index is -4.74. The summed E-state index contributed by atoms with van der Waals surface area (Å²) in [4.78, 5) is 0. The molecule has 0 saturated carbocycles. The largest absolute Gasteiger partial charge is 0.474 e. The molecule has 1 aromatic rings. The lowest BCUT2D eigenvalue weighted by molar-refractivity contribution is -0.192. The van der Waals surface area contributed by atoms with Gasteiger partial charge >= 0.3 is 6.18 Å². The first-order valence-electron chi connectivity index (χ1n) is 5.00. The Bertz CT molecular complexity index is 541. The number of ether oxygens (including phenoxy) is 1. The minimum absolute atomic E-state index is 0.00919. The topological polar surface area (TPSA) is 49.7 Å². The van der Waals surface area contributed by atoms with Gasteiger partial charge in [-0.1, -0.05) is 15.9 Å². The summed E-state index contributed by atoms with van der Waals surface area (Å²) in [6, 6.07) is 3.07. The molecule has 1 aliphatic rings. The fourth-order valence-corrected chi connectivity index (χ4v) is 3.07. The van der Waals surface area contributed by atoms with Crippen LogP contribution in [0.3, 0.4) is 0 Å². The average molecular weight is 404 g/mol. The Morgan fingerprint density at radius 2 is 1.84 bits per heavy atom. The normalized spacial score (nSPS) is 18.9. The van der Waals surface area contributed by atoms with Crippen molar-refractivity contribution in [2.24, 2.45) is 0 Å². The van der Waals surface area contributed by atoms with Crippen LogP contribution in [0, 0.1) is 0 Å². The van der Waals surface area contributed by atoms with Gasteiger partial charge in [-0.05, 0) is 34.1 Å². The fourth-order valence-electron chi connectivity index (χ4n) is 1.72. The predicted molar refractivity (Wildman–Crippen MR) is 68.5 cm³/mol. The summed E-state index contributed by atoms with van der Waals surface area (Å²) in [5.74, 6) is 0.00919. The van der Waals surface area contributed by atoms with Gasteiger partial charge in [0.2, 0.25) is 6.10 Å². The van der Waals surface area contributed by atoms with Gasteiger partial charge < -0.3 is 14.9 Å². The maximum atomic E-state index is 12.8. The third-order valence-corrected chi connectivity index (χ3v) is 3.54. The molecule has 1 heterocycles. The van der Waals surface area contributed by atoms with Crippen LogP contribution in [0.15, 0.2) is 26.7 Å². The van der Waals surface area contributed by atoms with Crippen LogP contribution in [0.2, 0.25) is 0 Å². The van der Waals surface area contributed by atoms with Gasteiger partial charge in [-0.2, -0.15) is 13.2 Å².